The van der Waals surface area contributed by atoms with Crippen LogP contribution >= 0.6 is 0 Å². The number of ether oxygens (including phenoxy) is 1. The van der Waals surface area contributed by atoms with E-state index in [2.05, 4.69) is 9.97 Å². The fourth-order valence-corrected chi connectivity index (χ4v) is 1.68. The zero-order valence-electron chi connectivity index (χ0n) is 8.31. The van der Waals surface area contributed by atoms with Gasteiger partial charge in [0.2, 0.25) is 0 Å². The summed E-state index contributed by atoms with van der Waals surface area (Å²) < 4.78 is 5.52. The molecule has 76 valence electrons. The summed E-state index contributed by atoms with van der Waals surface area (Å²) in [6, 6.07) is -0.0851. The molecule has 2 heterocycles. The molecule has 1 aromatic rings. The largest absolute Gasteiger partial charge is 0.376 e. The Labute approximate surface area is 83.5 Å². The van der Waals surface area contributed by atoms with E-state index in [1.165, 1.54) is 0 Å². The average molecular weight is 193 g/mol. The summed E-state index contributed by atoms with van der Waals surface area (Å²) in [4.78, 5) is 8.25. The van der Waals surface area contributed by atoms with Gasteiger partial charge in [0.05, 0.1) is 12.1 Å². The van der Waals surface area contributed by atoms with Crippen LogP contribution in [0.5, 0.6) is 0 Å². The smallest absolute Gasteiger partial charge is 0.125 e. The van der Waals surface area contributed by atoms with Gasteiger partial charge < -0.3 is 10.5 Å². The van der Waals surface area contributed by atoms with Crippen LogP contribution in [-0.4, -0.2) is 22.7 Å². The molecule has 0 amide bonds. The number of aromatic nitrogens is 2. The molecule has 4 nitrogen and oxygen atoms in total. The summed E-state index contributed by atoms with van der Waals surface area (Å²) in [6.07, 6.45) is 5.85. The summed E-state index contributed by atoms with van der Waals surface area (Å²) >= 11 is 0. The van der Waals surface area contributed by atoms with Crippen molar-refractivity contribution in [2.45, 2.75) is 31.9 Å². The zero-order chi connectivity index (χ0) is 9.97. The molecule has 0 aliphatic carbocycles. The topological polar surface area (TPSA) is 61.0 Å². The Hall–Kier alpha value is -1.00. The van der Waals surface area contributed by atoms with Crippen molar-refractivity contribution in [3.63, 3.8) is 0 Å². The van der Waals surface area contributed by atoms with Gasteiger partial charge in [-0.3, -0.25) is 0 Å². The number of hydrogen-bond acceptors (Lipinski definition) is 4. The Morgan fingerprint density at radius 3 is 2.79 bits per heavy atom. The number of nitrogens with zero attached hydrogens (tertiary/aromatic N) is 2. The van der Waals surface area contributed by atoms with E-state index in [9.17, 15) is 0 Å². The van der Waals surface area contributed by atoms with Gasteiger partial charge >= 0.3 is 0 Å². The van der Waals surface area contributed by atoms with Crippen molar-refractivity contribution >= 4 is 0 Å². The molecule has 0 bridgehead atoms. The van der Waals surface area contributed by atoms with Gasteiger partial charge in [0.25, 0.3) is 0 Å². The molecule has 0 saturated carbocycles. The summed E-state index contributed by atoms with van der Waals surface area (Å²) in [6.45, 7) is 2.69. The van der Waals surface area contributed by atoms with Gasteiger partial charge in [0.15, 0.2) is 0 Å². The maximum absolute atomic E-state index is 6.05. The van der Waals surface area contributed by atoms with Gasteiger partial charge in [-0.05, 0) is 19.8 Å². The zero-order valence-corrected chi connectivity index (χ0v) is 8.31. The minimum absolute atomic E-state index is 0.0851. The summed E-state index contributed by atoms with van der Waals surface area (Å²) in [5.41, 5.74) is 7.01. The standard InChI is InChI=1S/C10H15N3O/c1-7-12-5-8(6-13-7)10(11)9-3-2-4-14-9/h5-6,9-10H,2-4,11H2,1H3. The molecule has 2 N–H and O–H groups in total. The van der Waals surface area contributed by atoms with E-state index < -0.39 is 0 Å². The van der Waals surface area contributed by atoms with Crippen molar-refractivity contribution in [3.8, 4) is 0 Å². The number of nitrogens with two attached hydrogens (primary N) is 1. The van der Waals surface area contributed by atoms with Crippen molar-refractivity contribution in [2.75, 3.05) is 6.61 Å². The molecular weight excluding hydrogens is 178 g/mol. The highest BCUT2D eigenvalue weighted by atomic mass is 16.5. The Morgan fingerprint density at radius 1 is 1.50 bits per heavy atom. The van der Waals surface area contributed by atoms with Crippen LogP contribution in [0, 0.1) is 6.92 Å². The second-order valence-corrected chi connectivity index (χ2v) is 3.64. The Bertz CT molecular complexity index is 293. The highest BCUT2D eigenvalue weighted by Crippen LogP contribution is 2.23. The quantitative estimate of drug-likeness (QED) is 0.760. The summed E-state index contributed by atoms with van der Waals surface area (Å²) in [7, 11) is 0. The maximum atomic E-state index is 6.05. The molecule has 0 radical (unpaired) electrons. The first-order valence-electron chi connectivity index (χ1n) is 4.93. The third kappa shape index (κ3) is 1.91. The van der Waals surface area contributed by atoms with Crippen molar-refractivity contribution < 1.29 is 4.74 Å². The lowest BCUT2D eigenvalue weighted by atomic mass is 10.0. The predicted molar refractivity (Wildman–Crippen MR) is 52.7 cm³/mol. The summed E-state index contributed by atoms with van der Waals surface area (Å²) in [5, 5.41) is 0. The minimum Gasteiger partial charge on any atom is -0.376 e. The van der Waals surface area contributed by atoms with E-state index in [1.807, 2.05) is 6.92 Å². The molecule has 2 rings (SSSR count). The third-order valence-electron chi connectivity index (χ3n) is 2.55. The van der Waals surface area contributed by atoms with Gasteiger partial charge in [-0.1, -0.05) is 0 Å². The van der Waals surface area contributed by atoms with Crippen LogP contribution in [0.4, 0.5) is 0 Å². The van der Waals surface area contributed by atoms with Crippen LogP contribution in [0.3, 0.4) is 0 Å². The lowest BCUT2D eigenvalue weighted by molar-refractivity contribution is 0.0898. The molecule has 1 aliphatic heterocycles. The molecule has 0 spiro atoms. The molecule has 2 atom stereocenters. The number of rotatable bonds is 2. The van der Waals surface area contributed by atoms with Gasteiger partial charge in [0, 0.05) is 24.6 Å². The first kappa shape index (κ1) is 9.55. The minimum atomic E-state index is -0.0851. The van der Waals surface area contributed by atoms with Crippen LogP contribution in [0.1, 0.15) is 30.3 Å². The first-order chi connectivity index (χ1) is 6.77. The molecular formula is C10H15N3O. The molecule has 1 saturated heterocycles. The second kappa shape index (κ2) is 4.02. The van der Waals surface area contributed by atoms with Gasteiger partial charge in [-0.15, -0.1) is 0 Å². The number of hydrogen-bond donors (Lipinski definition) is 1. The fourth-order valence-electron chi connectivity index (χ4n) is 1.68. The Morgan fingerprint density at radius 2 is 2.21 bits per heavy atom. The van der Waals surface area contributed by atoms with E-state index in [0.717, 1.165) is 30.8 Å². The first-order valence-corrected chi connectivity index (χ1v) is 4.93. The molecule has 1 aliphatic rings. The summed E-state index contributed by atoms with van der Waals surface area (Å²) in [5.74, 6) is 0.772. The van der Waals surface area contributed by atoms with Crippen LogP contribution in [0.2, 0.25) is 0 Å². The number of aryl methyl sites for hydroxylation is 1. The second-order valence-electron chi connectivity index (χ2n) is 3.64. The average Bonchev–Trinajstić information content (AvgIpc) is 2.71. The Kier molecular flexibility index (Phi) is 2.74. The van der Waals surface area contributed by atoms with Crippen LogP contribution in [-0.2, 0) is 4.74 Å². The molecule has 14 heavy (non-hydrogen) atoms. The lowest BCUT2D eigenvalue weighted by Gasteiger charge is -2.17. The van der Waals surface area contributed by atoms with E-state index in [0.29, 0.717) is 0 Å². The van der Waals surface area contributed by atoms with Gasteiger partial charge in [-0.25, -0.2) is 9.97 Å². The molecule has 1 aromatic heterocycles. The highest BCUT2D eigenvalue weighted by molar-refractivity contribution is 5.12. The van der Waals surface area contributed by atoms with E-state index in [-0.39, 0.29) is 12.1 Å². The van der Waals surface area contributed by atoms with Crippen LogP contribution < -0.4 is 5.73 Å². The Balaban J connectivity index is 2.09. The van der Waals surface area contributed by atoms with Crippen molar-refractivity contribution in [3.05, 3.63) is 23.8 Å². The molecule has 1 fully saturated rings. The van der Waals surface area contributed by atoms with Crippen molar-refractivity contribution in [1.29, 1.82) is 0 Å². The molecule has 2 unspecified atom stereocenters. The monoisotopic (exact) mass is 193 g/mol. The third-order valence-corrected chi connectivity index (χ3v) is 2.55. The van der Waals surface area contributed by atoms with Crippen molar-refractivity contribution in [1.82, 2.24) is 9.97 Å². The molecule has 0 aromatic carbocycles. The normalized spacial score (nSPS) is 23.7. The van der Waals surface area contributed by atoms with Gasteiger partial charge in [-0.2, -0.15) is 0 Å². The van der Waals surface area contributed by atoms with E-state index >= 15 is 0 Å². The highest BCUT2D eigenvalue weighted by Gasteiger charge is 2.24. The maximum Gasteiger partial charge on any atom is 0.125 e. The SMILES string of the molecule is Cc1ncc(C(N)C2CCCO2)cn1. The van der Waals surface area contributed by atoms with E-state index in [1.54, 1.807) is 12.4 Å². The molecule has 4 heteroatoms. The van der Waals surface area contributed by atoms with Gasteiger partial charge in [0.1, 0.15) is 5.82 Å². The predicted octanol–water partition coefficient (Wildman–Crippen LogP) is 0.964. The lowest BCUT2D eigenvalue weighted by Crippen LogP contribution is -2.25. The van der Waals surface area contributed by atoms with Crippen LogP contribution in [0.25, 0.3) is 0 Å². The van der Waals surface area contributed by atoms with Crippen LogP contribution in [0.15, 0.2) is 12.4 Å². The fraction of sp³-hybridized carbons (Fsp3) is 0.600. The van der Waals surface area contributed by atoms with E-state index in [4.69, 9.17) is 10.5 Å². The van der Waals surface area contributed by atoms with Crippen molar-refractivity contribution in [2.24, 2.45) is 5.73 Å².